The maximum absolute atomic E-state index is 10.6. The molecule has 0 radical (unpaired) electrons. The summed E-state index contributed by atoms with van der Waals surface area (Å²) in [6.45, 7) is 6.02. The van der Waals surface area contributed by atoms with Crippen molar-refractivity contribution in [2.75, 3.05) is 0 Å². The molecule has 1 unspecified atom stereocenters. The molecule has 0 saturated heterocycles. The van der Waals surface area contributed by atoms with Crippen molar-refractivity contribution >= 4 is 28.9 Å². The van der Waals surface area contributed by atoms with Crippen molar-refractivity contribution in [3.8, 4) is 0 Å². The third-order valence-corrected chi connectivity index (χ3v) is 4.55. The van der Waals surface area contributed by atoms with E-state index in [-0.39, 0.29) is 24.7 Å². The van der Waals surface area contributed by atoms with Gasteiger partial charge in [-0.2, -0.15) is 17.1 Å². The third kappa shape index (κ3) is 11.5. The Bertz CT molecular complexity index is 160. The largest absolute Gasteiger partial charge is 2.00 e. The maximum Gasteiger partial charge on any atom is 2.00 e. The second-order valence-electron chi connectivity index (χ2n) is 2.99. The molecule has 0 rings (SSSR count). The SMILES string of the molecule is CC(C)CC(C)SP([O-])([O-])=S.[Zn+2]. The summed E-state index contributed by atoms with van der Waals surface area (Å²) in [5, 5.41) is 0.121. The molecule has 1 atom stereocenters. The van der Waals surface area contributed by atoms with Gasteiger partial charge in [0.05, 0.1) is 0 Å². The van der Waals surface area contributed by atoms with Crippen molar-refractivity contribution in [3.05, 3.63) is 0 Å². The van der Waals surface area contributed by atoms with Gasteiger partial charge in [0.1, 0.15) is 0 Å². The summed E-state index contributed by atoms with van der Waals surface area (Å²) in [6.07, 6.45) is 0.896. The summed E-state index contributed by atoms with van der Waals surface area (Å²) in [5.41, 5.74) is -3.53. The number of hydrogen-bond acceptors (Lipinski definition) is 4. The predicted octanol–water partition coefficient (Wildman–Crippen LogP) is 1.10. The second kappa shape index (κ2) is 6.92. The van der Waals surface area contributed by atoms with Crippen LogP contribution in [0.5, 0.6) is 0 Å². The van der Waals surface area contributed by atoms with Crippen molar-refractivity contribution in [1.82, 2.24) is 0 Å². The van der Waals surface area contributed by atoms with Gasteiger partial charge in [0.2, 0.25) is 0 Å². The zero-order valence-corrected chi connectivity index (χ0v) is 13.1. The Kier molecular flexibility index (Phi) is 9.22. The van der Waals surface area contributed by atoms with E-state index in [0.29, 0.717) is 5.92 Å². The Morgan fingerprint density at radius 2 is 1.75 bits per heavy atom. The van der Waals surface area contributed by atoms with Gasteiger partial charge >= 0.3 is 19.5 Å². The van der Waals surface area contributed by atoms with Gasteiger partial charge in [0, 0.05) is 5.25 Å². The van der Waals surface area contributed by atoms with E-state index >= 15 is 0 Å². The Morgan fingerprint density at radius 1 is 1.33 bits per heavy atom. The van der Waals surface area contributed by atoms with Gasteiger partial charge in [-0.3, -0.25) is 0 Å². The number of rotatable bonds is 4. The molecule has 0 bridgehead atoms. The normalized spacial score (nSPS) is 14.2. The zero-order valence-electron chi connectivity index (χ0n) is 7.65. The van der Waals surface area contributed by atoms with Crippen LogP contribution in [0.2, 0.25) is 0 Å². The van der Waals surface area contributed by atoms with Crippen molar-refractivity contribution in [2.45, 2.75) is 32.4 Å². The molecule has 68 valence electrons. The molecule has 0 N–H and O–H groups in total. The smallest absolute Gasteiger partial charge is 0.825 e. The van der Waals surface area contributed by atoms with Crippen molar-refractivity contribution < 1.29 is 29.3 Å². The van der Waals surface area contributed by atoms with E-state index in [1.165, 1.54) is 0 Å². The molecule has 0 amide bonds. The summed E-state index contributed by atoms with van der Waals surface area (Å²) >= 11 is 5.18. The summed E-state index contributed by atoms with van der Waals surface area (Å²) in [7, 11) is 0. The van der Waals surface area contributed by atoms with Gasteiger partial charge in [0.15, 0.2) is 0 Å². The average molecular weight is 278 g/mol. The van der Waals surface area contributed by atoms with Crippen LogP contribution in [0, 0.1) is 5.92 Å². The molecule has 12 heavy (non-hydrogen) atoms. The summed E-state index contributed by atoms with van der Waals surface area (Å²) < 4.78 is 0. The van der Waals surface area contributed by atoms with Crippen LogP contribution < -0.4 is 9.79 Å². The fraction of sp³-hybridized carbons (Fsp3) is 1.00. The van der Waals surface area contributed by atoms with E-state index in [4.69, 9.17) is 0 Å². The standard InChI is InChI=1S/C6H15O2PS2.Zn/c1-5(2)4-6(3)11-9(7,8)10;/h5-6H,4H2,1-3H3,(H2,7,8,10);/q;+2/p-2. The minimum atomic E-state index is -3.53. The average Bonchev–Trinajstić information content (AvgIpc) is 1.53. The van der Waals surface area contributed by atoms with Crippen molar-refractivity contribution in [2.24, 2.45) is 5.92 Å². The van der Waals surface area contributed by atoms with Gasteiger partial charge in [-0.1, -0.05) is 20.8 Å². The van der Waals surface area contributed by atoms with Crippen LogP contribution in [-0.4, -0.2) is 5.25 Å². The molecule has 0 aliphatic carbocycles. The molecule has 0 aliphatic heterocycles. The molecule has 0 aromatic carbocycles. The molecule has 2 nitrogen and oxygen atoms in total. The van der Waals surface area contributed by atoms with Gasteiger partial charge < -0.3 is 9.79 Å². The maximum atomic E-state index is 10.6. The summed E-state index contributed by atoms with van der Waals surface area (Å²) in [5.74, 6) is 0.527. The van der Waals surface area contributed by atoms with Gasteiger partial charge in [-0.05, 0) is 12.3 Å². The Balaban J connectivity index is 0. The minimum absolute atomic E-state index is 0. The molecule has 0 heterocycles. The first-order chi connectivity index (χ1) is 4.81. The fourth-order valence-electron chi connectivity index (χ4n) is 0.927. The Hall–Kier alpha value is 1.54. The summed E-state index contributed by atoms with van der Waals surface area (Å²) in [6, 6.07) is 0. The molecular formula is C6H13O2PS2Zn. The Labute approximate surface area is 96.2 Å². The quantitative estimate of drug-likeness (QED) is 0.570. The van der Waals surface area contributed by atoms with Gasteiger partial charge in [-0.25, -0.2) is 0 Å². The molecule has 0 fully saturated rings. The van der Waals surface area contributed by atoms with Crippen LogP contribution in [0.15, 0.2) is 0 Å². The van der Waals surface area contributed by atoms with Crippen LogP contribution in [0.3, 0.4) is 0 Å². The van der Waals surface area contributed by atoms with E-state index in [1.807, 2.05) is 6.92 Å². The van der Waals surface area contributed by atoms with Crippen molar-refractivity contribution in [1.29, 1.82) is 0 Å². The van der Waals surface area contributed by atoms with Crippen LogP contribution in [0.25, 0.3) is 0 Å². The topological polar surface area (TPSA) is 46.1 Å². The molecule has 0 aromatic heterocycles. The fourth-order valence-corrected chi connectivity index (χ4v) is 4.74. The number of hydrogen-bond donors (Lipinski definition) is 0. The predicted molar refractivity (Wildman–Crippen MR) is 50.8 cm³/mol. The van der Waals surface area contributed by atoms with Gasteiger partial charge in [0.25, 0.3) is 0 Å². The molecule has 0 aliphatic rings. The van der Waals surface area contributed by atoms with E-state index in [2.05, 4.69) is 25.7 Å². The van der Waals surface area contributed by atoms with E-state index in [9.17, 15) is 9.79 Å². The third-order valence-electron chi connectivity index (χ3n) is 1.11. The van der Waals surface area contributed by atoms with Crippen LogP contribution in [0.4, 0.5) is 0 Å². The van der Waals surface area contributed by atoms with Crippen LogP contribution in [0.1, 0.15) is 27.2 Å². The first-order valence-corrected chi connectivity index (χ1v) is 7.64. The monoisotopic (exact) mass is 276 g/mol. The van der Waals surface area contributed by atoms with Crippen molar-refractivity contribution in [3.63, 3.8) is 0 Å². The van der Waals surface area contributed by atoms with E-state index in [1.54, 1.807) is 0 Å². The minimum Gasteiger partial charge on any atom is -0.825 e. The van der Waals surface area contributed by atoms with E-state index in [0.717, 1.165) is 17.8 Å². The first-order valence-electron chi connectivity index (χ1n) is 3.51. The zero-order chi connectivity index (χ0) is 9.07. The Morgan fingerprint density at radius 3 is 2.00 bits per heavy atom. The molecule has 0 aromatic rings. The second-order valence-corrected chi connectivity index (χ2v) is 9.11. The van der Waals surface area contributed by atoms with Crippen LogP contribution >= 0.6 is 17.1 Å². The molecule has 0 saturated carbocycles. The van der Waals surface area contributed by atoms with Gasteiger partial charge in [-0.15, -0.1) is 11.8 Å². The molecule has 0 spiro atoms. The van der Waals surface area contributed by atoms with Crippen LogP contribution in [-0.2, 0) is 31.3 Å². The van der Waals surface area contributed by atoms with E-state index < -0.39 is 5.69 Å². The summed E-state index contributed by atoms with van der Waals surface area (Å²) in [4.78, 5) is 21.3. The molecular weight excluding hydrogens is 265 g/mol. The molecule has 6 heteroatoms. The first kappa shape index (κ1) is 16.0.